The number of hydrogen-bond donors (Lipinski definition) is 1. The quantitative estimate of drug-likeness (QED) is 0.776. The van der Waals surface area contributed by atoms with E-state index in [4.69, 9.17) is 0 Å². The molecule has 0 aliphatic rings. The number of hydrogen-bond acceptors (Lipinski definition) is 4. The van der Waals surface area contributed by atoms with Crippen molar-refractivity contribution >= 4 is 22.9 Å². The van der Waals surface area contributed by atoms with Gasteiger partial charge in [0.05, 0.1) is 6.42 Å². The molecule has 0 aliphatic heterocycles. The van der Waals surface area contributed by atoms with Crippen LogP contribution < -0.4 is 5.32 Å². The van der Waals surface area contributed by atoms with Crippen LogP contribution >= 0.6 is 11.3 Å². The summed E-state index contributed by atoms with van der Waals surface area (Å²) < 4.78 is 1.94. The van der Waals surface area contributed by atoms with Crippen molar-refractivity contribution in [1.29, 1.82) is 0 Å². The first-order valence-corrected chi connectivity index (χ1v) is 7.28. The Balaban J connectivity index is 1.53. The van der Waals surface area contributed by atoms with Crippen LogP contribution in [0.4, 0.5) is 0 Å². The predicted octanol–water partition coefficient (Wildman–Crippen LogP) is 1.69. The Morgan fingerprint density at radius 3 is 3.05 bits per heavy atom. The Morgan fingerprint density at radius 1 is 1.25 bits per heavy atom. The second-order valence-corrected chi connectivity index (χ2v) is 5.43. The van der Waals surface area contributed by atoms with E-state index >= 15 is 0 Å². The fourth-order valence-corrected chi connectivity index (χ4v) is 2.71. The van der Waals surface area contributed by atoms with E-state index in [2.05, 4.69) is 15.5 Å². The highest BCUT2D eigenvalue weighted by Crippen LogP contribution is 2.08. The van der Waals surface area contributed by atoms with Gasteiger partial charge in [0.1, 0.15) is 5.82 Å². The number of nitrogens with zero attached hydrogens (tertiary/aromatic N) is 3. The molecule has 3 aromatic heterocycles. The molecular weight excluding hydrogens is 272 g/mol. The van der Waals surface area contributed by atoms with Gasteiger partial charge in [-0.2, -0.15) is 0 Å². The number of amides is 1. The van der Waals surface area contributed by atoms with E-state index in [0.717, 1.165) is 16.3 Å². The zero-order valence-corrected chi connectivity index (χ0v) is 11.6. The summed E-state index contributed by atoms with van der Waals surface area (Å²) in [5, 5.41) is 13.1. The van der Waals surface area contributed by atoms with Crippen molar-refractivity contribution in [1.82, 2.24) is 19.9 Å². The van der Waals surface area contributed by atoms with Gasteiger partial charge < -0.3 is 5.32 Å². The minimum Gasteiger partial charge on any atom is -0.355 e. The van der Waals surface area contributed by atoms with Gasteiger partial charge in [0.2, 0.25) is 5.91 Å². The van der Waals surface area contributed by atoms with E-state index in [1.165, 1.54) is 0 Å². The number of pyridine rings is 1. The maximum atomic E-state index is 11.8. The van der Waals surface area contributed by atoms with Crippen molar-refractivity contribution in [2.24, 2.45) is 0 Å². The first kappa shape index (κ1) is 12.8. The third kappa shape index (κ3) is 2.85. The molecule has 0 radical (unpaired) electrons. The number of nitrogens with one attached hydrogen (secondary N) is 1. The van der Waals surface area contributed by atoms with E-state index in [0.29, 0.717) is 19.4 Å². The SMILES string of the molecule is O=C(Cc1cccs1)NCCc1nnc2ccccn12. The van der Waals surface area contributed by atoms with Crippen LogP contribution in [0, 0.1) is 0 Å². The molecule has 0 atom stereocenters. The standard InChI is InChI=1S/C14H14N4OS/c19-14(10-11-4-3-9-20-11)15-7-6-13-17-16-12-5-1-2-8-18(12)13/h1-5,8-9H,6-7,10H2,(H,15,19). The fraction of sp³-hybridized carbons (Fsp3) is 0.214. The molecule has 0 aromatic carbocycles. The zero-order valence-electron chi connectivity index (χ0n) is 10.8. The minimum absolute atomic E-state index is 0.0428. The van der Waals surface area contributed by atoms with Gasteiger partial charge >= 0.3 is 0 Å². The third-order valence-corrected chi connectivity index (χ3v) is 3.85. The largest absolute Gasteiger partial charge is 0.355 e. The zero-order chi connectivity index (χ0) is 13.8. The molecule has 20 heavy (non-hydrogen) atoms. The molecule has 3 aromatic rings. The minimum atomic E-state index is 0.0428. The van der Waals surface area contributed by atoms with Crippen molar-refractivity contribution in [2.45, 2.75) is 12.8 Å². The van der Waals surface area contributed by atoms with Crippen LogP contribution in [0.2, 0.25) is 0 Å². The summed E-state index contributed by atoms with van der Waals surface area (Å²) in [5.74, 6) is 0.901. The molecule has 6 heteroatoms. The second-order valence-electron chi connectivity index (χ2n) is 4.40. The van der Waals surface area contributed by atoms with Crippen LogP contribution in [-0.2, 0) is 17.6 Å². The third-order valence-electron chi connectivity index (χ3n) is 2.97. The normalized spacial score (nSPS) is 10.8. The molecule has 0 aliphatic carbocycles. The summed E-state index contributed by atoms with van der Waals surface area (Å²) in [6.45, 7) is 0.569. The lowest BCUT2D eigenvalue weighted by molar-refractivity contribution is -0.120. The molecule has 0 bridgehead atoms. The Labute approximate surface area is 120 Å². The van der Waals surface area contributed by atoms with Crippen molar-refractivity contribution in [3.63, 3.8) is 0 Å². The summed E-state index contributed by atoms with van der Waals surface area (Å²) in [7, 11) is 0. The van der Waals surface area contributed by atoms with Gasteiger partial charge in [0.15, 0.2) is 5.65 Å². The van der Waals surface area contributed by atoms with E-state index in [-0.39, 0.29) is 5.91 Å². The molecule has 0 fully saturated rings. The van der Waals surface area contributed by atoms with Gasteiger partial charge in [-0.05, 0) is 23.6 Å². The topological polar surface area (TPSA) is 59.3 Å². The Morgan fingerprint density at radius 2 is 2.20 bits per heavy atom. The Kier molecular flexibility index (Phi) is 3.73. The van der Waals surface area contributed by atoms with Crippen LogP contribution in [0.1, 0.15) is 10.7 Å². The molecule has 0 unspecified atom stereocenters. The van der Waals surface area contributed by atoms with Gasteiger partial charge in [-0.3, -0.25) is 9.20 Å². The first-order valence-electron chi connectivity index (χ1n) is 6.40. The van der Waals surface area contributed by atoms with E-state index < -0.39 is 0 Å². The van der Waals surface area contributed by atoms with E-state index in [1.807, 2.05) is 46.3 Å². The number of fused-ring (bicyclic) bond motifs is 1. The maximum Gasteiger partial charge on any atom is 0.225 e. The number of carbonyl (C=O) groups excluding carboxylic acids is 1. The van der Waals surface area contributed by atoms with Crippen molar-refractivity contribution in [2.75, 3.05) is 6.54 Å². The lowest BCUT2D eigenvalue weighted by Crippen LogP contribution is -2.27. The van der Waals surface area contributed by atoms with Gasteiger partial charge in [-0.1, -0.05) is 12.1 Å². The highest BCUT2D eigenvalue weighted by atomic mass is 32.1. The molecular formula is C14H14N4OS. The summed E-state index contributed by atoms with van der Waals surface area (Å²) in [6, 6.07) is 9.70. The molecule has 0 saturated heterocycles. The number of rotatable bonds is 5. The summed E-state index contributed by atoms with van der Waals surface area (Å²) >= 11 is 1.60. The highest BCUT2D eigenvalue weighted by molar-refractivity contribution is 7.10. The van der Waals surface area contributed by atoms with E-state index in [1.54, 1.807) is 11.3 Å². The second kappa shape index (κ2) is 5.83. The van der Waals surface area contributed by atoms with Gasteiger partial charge in [-0.15, -0.1) is 21.5 Å². The van der Waals surface area contributed by atoms with Crippen LogP contribution in [0.5, 0.6) is 0 Å². The lowest BCUT2D eigenvalue weighted by atomic mass is 10.3. The van der Waals surface area contributed by atoms with Crippen LogP contribution in [0.3, 0.4) is 0 Å². The average molecular weight is 286 g/mol. The molecule has 0 saturated carbocycles. The van der Waals surface area contributed by atoms with Gasteiger partial charge in [0.25, 0.3) is 0 Å². The van der Waals surface area contributed by atoms with Crippen LogP contribution in [-0.4, -0.2) is 27.0 Å². The molecule has 0 spiro atoms. The number of aromatic nitrogens is 3. The summed E-state index contributed by atoms with van der Waals surface area (Å²) in [4.78, 5) is 12.8. The van der Waals surface area contributed by atoms with Crippen molar-refractivity contribution in [3.05, 3.63) is 52.6 Å². The summed E-state index contributed by atoms with van der Waals surface area (Å²) in [5.41, 5.74) is 0.826. The van der Waals surface area contributed by atoms with Crippen molar-refractivity contribution < 1.29 is 4.79 Å². The maximum absolute atomic E-state index is 11.8. The number of carbonyl (C=O) groups is 1. The lowest BCUT2D eigenvalue weighted by Gasteiger charge is -2.03. The molecule has 5 nitrogen and oxygen atoms in total. The smallest absolute Gasteiger partial charge is 0.225 e. The average Bonchev–Trinajstić information content (AvgIpc) is 3.09. The molecule has 3 rings (SSSR count). The fourth-order valence-electron chi connectivity index (χ4n) is 2.01. The van der Waals surface area contributed by atoms with E-state index in [9.17, 15) is 4.79 Å². The van der Waals surface area contributed by atoms with Gasteiger partial charge in [0, 0.05) is 24.0 Å². The summed E-state index contributed by atoms with van der Waals surface area (Å²) in [6.07, 6.45) is 3.04. The molecule has 1 amide bonds. The number of thiophene rings is 1. The monoisotopic (exact) mass is 286 g/mol. The first-order chi connectivity index (χ1) is 9.83. The van der Waals surface area contributed by atoms with Crippen molar-refractivity contribution in [3.8, 4) is 0 Å². The van der Waals surface area contributed by atoms with Crippen LogP contribution in [0.25, 0.3) is 5.65 Å². The Bertz CT molecular complexity index is 705. The molecule has 1 N–H and O–H groups in total. The highest BCUT2D eigenvalue weighted by Gasteiger charge is 2.06. The van der Waals surface area contributed by atoms with Crippen LogP contribution in [0.15, 0.2) is 41.9 Å². The predicted molar refractivity (Wildman–Crippen MR) is 77.7 cm³/mol. The molecule has 3 heterocycles. The van der Waals surface area contributed by atoms with Gasteiger partial charge in [-0.25, -0.2) is 0 Å². The molecule has 102 valence electrons. The Hall–Kier alpha value is -2.21.